The van der Waals surface area contributed by atoms with Crippen molar-refractivity contribution in [1.29, 1.82) is 0 Å². The number of aliphatic imine (C=N–C) groups is 1. The van der Waals surface area contributed by atoms with Crippen molar-refractivity contribution in [2.45, 2.75) is 26.5 Å². The number of nitrogens with one attached hydrogen (secondary N) is 2. The molecule has 1 aromatic rings. The Bertz CT molecular complexity index is 544. The smallest absolute Gasteiger partial charge is 0.408 e. The summed E-state index contributed by atoms with van der Waals surface area (Å²) in [5.41, 5.74) is 0.850. The summed E-state index contributed by atoms with van der Waals surface area (Å²) in [4.78, 5) is 27.3. The number of ether oxygens (including phenoxy) is 1. The van der Waals surface area contributed by atoms with E-state index in [2.05, 4.69) is 15.6 Å². The van der Waals surface area contributed by atoms with Crippen LogP contribution in [0.5, 0.6) is 0 Å². The van der Waals surface area contributed by atoms with Crippen molar-refractivity contribution in [2.75, 3.05) is 13.6 Å². The second-order valence-corrected chi connectivity index (χ2v) is 5.26. The van der Waals surface area contributed by atoms with E-state index in [0.29, 0.717) is 0 Å². The highest BCUT2D eigenvalue weighted by atomic mass is 16.5. The zero-order valence-corrected chi connectivity index (χ0v) is 13.5. The minimum Gasteiger partial charge on any atom is -0.861 e. The zero-order chi connectivity index (χ0) is 17.2. The first kappa shape index (κ1) is 18.5. The molecule has 1 atom stereocenters. The molecule has 126 valence electrons. The number of benzene rings is 1. The minimum atomic E-state index is -0.789. The lowest BCUT2D eigenvalue weighted by Crippen LogP contribution is -2.51. The van der Waals surface area contributed by atoms with Crippen molar-refractivity contribution < 1.29 is 19.4 Å². The van der Waals surface area contributed by atoms with Crippen LogP contribution in [0.4, 0.5) is 4.79 Å². The summed E-state index contributed by atoms with van der Waals surface area (Å²) in [6.45, 7) is 3.49. The Morgan fingerprint density at radius 3 is 2.48 bits per heavy atom. The molecule has 0 aliphatic heterocycles. The first-order valence-corrected chi connectivity index (χ1v) is 7.31. The van der Waals surface area contributed by atoms with Crippen LogP contribution in [0, 0.1) is 5.92 Å². The van der Waals surface area contributed by atoms with E-state index in [-0.39, 0.29) is 19.1 Å². The summed E-state index contributed by atoms with van der Waals surface area (Å²) in [7, 11) is 1.35. The highest BCUT2D eigenvalue weighted by Gasteiger charge is 2.24. The van der Waals surface area contributed by atoms with Gasteiger partial charge < -0.3 is 25.5 Å². The van der Waals surface area contributed by atoms with Gasteiger partial charge in [-0.25, -0.2) is 4.79 Å². The average molecular weight is 320 g/mol. The average Bonchev–Trinajstić information content (AvgIpc) is 2.55. The van der Waals surface area contributed by atoms with Crippen LogP contribution in [0.25, 0.3) is 0 Å². The molecular weight excluding hydrogens is 298 g/mol. The van der Waals surface area contributed by atoms with Gasteiger partial charge in [0.05, 0.1) is 0 Å². The quantitative estimate of drug-likeness (QED) is 0.562. The van der Waals surface area contributed by atoms with E-state index in [1.54, 1.807) is 13.8 Å². The van der Waals surface area contributed by atoms with Crippen LogP contribution in [-0.4, -0.2) is 37.5 Å². The first-order chi connectivity index (χ1) is 10.9. The topological polar surface area (TPSA) is 103 Å². The first-order valence-electron chi connectivity index (χ1n) is 7.31. The van der Waals surface area contributed by atoms with Gasteiger partial charge in [0.1, 0.15) is 12.6 Å². The Balaban J connectivity index is 2.51. The molecule has 0 aromatic heterocycles. The molecule has 0 saturated carbocycles. The highest BCUT2D eigenvalue weighted by molar-refractivity contribution is 5.88. The Morgan fingerprint density at radius 2 is 1.91 bits per heavy atom. The standard InChI is InChI=1S/C16H23N3O4/c1-11(2)14(15(21)18-9-13(20)17-3)19-16(22)23-10-12-7-5-4-6-8-12/h4-8,11,14H,9-10H2,1-3H3,(H,17,20)(H,18,21)(H,19,22)/p-1. The summed E-state index contributed by atoms with van der Waals surface area (Å²) in [5.74, 6) is -1.05. The Morgan fingerprint density at radius 1 is 1.26 bits per heavy atom. The molecule has 0 bridgehead atoms. The molecule has 2 amide bonds. The molecule has 0 spiro atoms. The monoisotopic (exact) mass is 320 g/mol. The second-order valence-electron chi connectivity index (χ2n) is 5.26. The number of hydrogen-bond donors (Lipinski definition) is 2. The summed E-state index contributed by atoms with van der Waals surface area (Å²) in [6, 6.07) is 8.43. The second kappa shape index (κ2) is 9.45. The highest BCUT2D eigenvalue weighted by Crippen LogP contribution is 2.04. The Kier molecular flexibility index (Phi) is 7.59. The van der Waals surface area contributed by atoms with Crippen molar-refractivity contribution in [3.8, 4) is 0 Å². The minimum absolute atomic E-state index is 0.117. The van der Waals surface area contributed by atoms with Gasteiger partial charge in [0.2, 0.25) is 5.91 Å². The number of carbonyl (C=O) groups excluding carboxylic acids is 2. The van der Waals surface area contributed by atoms with Gasteiger partial charge >= 0.3 is 6.09 Å². The molecule has 7 heteroatoms. The van der Waals surface area contributed by atoms with Gasteiger partial charge in [-0.1, -0.05) is 44.2 Å². The largest absolute Gasteiger partial charge is 0.861 e. The zero-order valence-electron chi connectivity index (χ0n) is 13.5. The normalized spacial score (nSPS) is 12.6. The van der Waals surface area contributed by atoms with E-state index >= 15 is 0 Å². The van der Waals surface area contributed by atoms with Crippen molar-refractivity contribution in [2.24, 2.45) is 10.9 Å². The molecule has 0 aliphatic rings. The maximum atomic E-state index is 12.0. The summed E-state index contributed by atoms with van der Waals surface area (Å²) >= 11 is 0. The van der Waals surface area contributed by atoms with Gasteiger partial charge in [0.25, 0.3) is 0 Å². The number of amides is 2. The molecule has 2 N–H and O–H groups in total. The molecular formula is C16H22N3O4-. The van der Waals surface area contributed by atoms with Crippen molar-refractivity contribution in [3.63, 3.8) is 0 Å². The van der Waals surface area contributed by atoms with Crippen molar-refractivity contribution in [3.05, 3.63) is 35.9 Å². The lowest BCUT2D eigenvalue weighted by atomic mass is 10.0. The molecule has 1 aromatic carbocycles. The molecule has 1 rings (SSSR count). The van der Waals surface area contributed by atoms with E-state index in [0.717, 1.165) is 5.56 Å². The predicted molar refractivity (Wildman–Crippen MR) is 84.8 cm³/mol. The van der Waals surface area contributed by atoms with Gasteiger partial charge in [-0.3, -0.25) is 4.79 Å². The van der Waals surface area contributed by atoms with Gasteiger partial charge in [-0.2, -0.15) is 0 Å². The lowest BCUT2D eigenvalue weighted by molar-refractivity contribution is -0.217. The van der Waals surface area contributed by atoms with Crippen LogP contribution in [0.3, 0.4) is 0 Å². The third-order valence-electron chi connectivity index (χ3n) is 3.10. The van der Waals surface area contributed by atoms with Gasteiger partial charge in [-0.15, -0.1) is 0 Å². The number of rotatable bonds is 7. The molecule has 0 aliphatic carbocycles. The van der Waals surface area contributed by atoms with Crippen LogP contribution >= 0.6 is 0 Å². The van der Waals surface area contributed by atoms with Crippen LogP contribution in [0.2, 0.25) is 0 Å². The summed E-state index contributed by atoms with van der Waals surface area (Å²) in [6.07, 6.45) is -0.686. The van der Waals surface area contributed by atoms with Gasteiger partial charge in [0.15, 0.2) is 0 Å². The summed E-state index contributed by atoms with van der Waals surface area (Å²) < 4.78 is 5.09. The fourth-order valence-electron chi connectivity index (χ4n) is 1.78. The van der Waals surface area contributed by atoms with Crippen LogP contribution in [0.15, 0.2) is 35.3 Å². The Labute approximate surface area is 135 Å². The van der Waals surface area contributed by atoms with Gasteiger partial charge in [0, 0.05) is 13.6 Å². The maximum Gasteiger partial charge on any atom is 0.408 e. The molecule has 1 unspecified atom stereocenters. The fraction of sp³-hybridized carbons (Fsp3) is 0.438. The van der Waals surface area contributed by atoms with E-state index in [1.165, 1.54) is 7.05 Å². The van der Waals surface area contributed by atoms with E-state index in [1.807, 2.05) is 30.3 Å². The maximum absolute atomic E-state index is 12.0. The summed E-state index contributed by atoms with van der Waals surface area (Å²) in [5, 5.41) is 16.1. The molecule has 0 saturated heterocycles. The van der Waals surface area contributed by atoms with Crippen LogP contribution in [0.1, 0.15) is 19.4 Å². The third-order valence-corrected chi connectivity index (χ3v) is 3.10. The Hall–Kier alpha value is -2.57. The van der Waals surface area contributed by atoms with Crippen molar-refractivity contribution in [1.82, 2.24) is 10.6 Å². The van der Waals surface area contributed by atoms with Crippen LogP contribution in [-0.2, 0) is 16.1 Å². The van der Waals surface area contributed by atoms with E-state index in [9.17, 15) is 14.7 Å². The predicted octanol–water partition coefficient (Wildman–Crippen LogP) is 0.442. The molecule has 23 heavy (non-hydrogen) atoms. The number of hydrogen-bond acceptors (Lipinski definition) is 5. The van der Waals surface area contributed by atoms with E-state index < -0.39 is 23.9 Å². The van der Waals surface area contributed by atoms with Crippen molar-refractivity contribution >= 4 is 17.9 Å². The van der Waals surface area contributed by atoms with Crippen LogP contribution < -0.4 is 15.7 Å². The number of alkyl carbamates (subject to hydrolysis) is 1. The number of carbonyl (C=O) groups is 2. The third kappa shape index (κ3) is 6.82. The fourth-order valence-corrected chi connectivity index (χ4v) is 1.78. The SMILES string of the molecule is CN=C([O-])CNC(=O)C(NC(=O)OCc1ccccc1)C(C)C. The molecule has 7 nitrogen and oxygen atoms in total. The van der Waals surface area contributed by atoms with Gasteiger partial charge in [-0.05, 0) is 17.4 Å². The molecule has 0 fully saturated rings. The lowest BCUT2D eigenvalue weighted by Gasteiger charge is -2.22. The molecule has 0 radical (unpaired) electrons. The molecule has 0 heterocycles. The number of nitrogens with zero attached hydrogens (tertiary/aromatic N) is 1. The van der Waals surface area contributed by atoms with E-state index in [4.69, 9.17) is 4.74 Å².